The van der Waals surface area contributed by atoms with Crippen LogP contribution in [0.15, 0.2) is 35.1 Å². The average Bonchev–Trinajstić information content (AvgIpc) is 2.99. The Balaban J connectivity index is 1.42. The predicted octanol–water partition coefficient (Wildman–Crippen LogP) is 1.45. The van der Waals surface area contributed by atoms with Crippen LogP contribution in [-0.4, -0.2) is 45.6 Å². The van der Waals surface area contributed by atoms with Gasteiger partial charge in [0, 0.05) is 30.9 Å². The van der Waals surface area contributed by atoms with Crippen LogP contribution in [0, 0.1) is 18.8 Å². The summed E-state index contributed by atoms with van der Waals surface area (Å²) in [5.41, 5.74) is 0.954. The van der Waals surface area contributed by atoms with Gasteiger partial charge in [0.1, 0.15) is 6.54 Å². The summed E-state index contributed by atoms with van der Waals surface area (Å²) in [5, 5.41) is 7.27. The molecule has 4 rings (SSSR count). The molecule has 1 aliphatic carbocycles. The number of carbonyl (C=O) groups excluding carboxylic acids is 2. The van der Waals surface area contributed by atoms with E-state index in [1.165, 1.54) is 19.1 Å². The number of aromatic nitrogens is 2. The fourth-order valence-corrected chi connectivity index (χ4v) is 3.66. The standard InChI is InChI=1S/C18H22N4O3/c1-12-6-7-19-22(12)11-17(23)20-15-10-21(9-14(15)13-4-5-13)18(24)16-3-2-8-25-16/h2-3,6-8,13-15H,4-5,9-11H2,1H3,(H,20,23)/t14-,15+/m1/s1. The van der Waals surface area contributed by atoms with Crippen LogP contribution in [0.25, 0.3) is 0 Å². The molecule has 1 aliphatic heterocycles. The summed E-state index contributed by atoms with van der Waals surface area (Å²) in [6.45, 7) is 3.34. The fourth-order valence-electron chi connectivity index (χ4n) is 3.66. The molecule has 25 heavy (non-hydrogen) atoms. The van der Waals surface area contributed by atoms with E-state index in [2.05, 4.69) is 10.4 Å². The van der Waals surface area contributed by atoms with Crippen molar-refractivity contribution in [2.24, 2.45) is 11.8 Å². The lowest BCUT2D eigenvalue weighted by atomic mass is 9.98. The lowest BCUT2D eigenvalue weighted by Gasteiger charge is -2.19. The molecule has 0 aromatic carbocycles. The Morgan fingerprint density at radius 1 is 1.32 bits per heavy atom. The first kappa shape index (κ1) is 15.9. The van der Waals surface area contributed by atoms with Gasteiger partial charge in [-0.05, 0) is 43.9 Å². The summed E-state index contributed by atoms with van der Waals surface area (Å²) in [6.07, 6.45) is 5.55. The number of carbonyl (C=O) groups is 2. The molecule has 7 heteroatoms. The molecule has 1 saturated heterocycles. The average molecular weight is 342 g/mol. The number of aryl methyl sites for hydroxylation is 1. The topological polar surface area (TPSA) is 80.4 Å². The van der Waals surface area contributed by atoms with Gasteiger partial charge in [-0.2, -0.15) is 5.10 Å². The van der Waals surface area contributed by atoms with E-state index < -0.39 is 0 Å². The minimum absolute atomic E-state index is 0.00483. The first-order chi connectivity index (χ1) is 12.1. The molecule has 1 N–H and O–H groups in total. The van der Waals surface area contributed by atoms with Crippen molar-refractivity contribution in [1.82, 2.24) is 20.0 Å². The molecule has 2 aromatic heterocycles. The normalized spacial score (nSPS) is 23.0. The lowest BCUT2D eigenvalue weighted by molar-refractivity contribution is -0.122. The maximum Gasteiger partial charge on any atom is 0.289 e. The molecule has 132 valence electrons. The van der Waals surface area contributed by atoms with Gasteiger partial charge in [0.05, 0.1) is 12.3 Å². The highest BCUT2D eigenvalue weighted by molar-refractivity contribution is 5.91. The zero-order valence-corrected chi connectivity index (χ0v) is 14.2. The summed E-state index contributed by atoms with van der Waals surface area (Å²) in [4.78, 5) is 26.8. The van der Waals surface area contributed by atoms with Crippen molar-refractivity contribution in [3.8, 4) is 0 Å². The molecule has 2 fully saturated rings. The molecule has 0 spiro atoms. The van der Waals surface area contributed by atoms with E-state index >= 15 is 0 Å². The molecule has 1 saturated carbocycles. The summed E-state index contributed by atoms with van der Waals surface area (Å²) in [5.74, 6) is 1.12. The van der Waals surface area contributed by atoms with E-state index in [9.17, 15) is 9.59 Å². The largest absolute Gasteiger partial charge is 0.459 e. The van der Waals surface area contributed by atoms with Crippen molar-refractivity contribution < 1.29 is 14.0 Å². The van der Waals surface area contributed by atoms with Crippen molar-refractivity contribution >= 4 is 11.8 Å². The van der Waals surface area contributed by atoms with Crippen LogP contribution in [0.5, 0.6) is 0 Å². The number of nitrogens with zero attached hydrogens (tertiary/aromatic N) is 3. The highest BCUT2D eigenvalue weighted by Gasteiger charge is 2.44. The van der Waals surface area contributed by atoms with Crippen LogP contribution >= 0.6 is 0 Å². The van der Waals surface area contributed by atoms with Gasteiger partial charge in [-0.15, -0.1) is 0 Å². The second-order valence-electron chi connectivity index (χ2n) is 6.99. The highest BCUT2D eigenvalue weighted by atomic mass is 16.3. The number of furan rings is 1. The van der Waals surface area contributed by atoms with Crippen LogP contribution < -0.4 is 5.32 Å². The zero-order valence-electron chi connectivity index (χ0n) is 14.2. The molecule has 0 bridgehead atoms. The van der Waals surface area contributed by atoms with Gasteiger partial charge in [-0.25, -0.2) is 0 Å². The van der Waals surface area contributed by atoms with Gasteiger partial charge in [0.2, 0.25) is 5.91 Å². The summed E-state index contributed by atoms with van der Waals surface area (Å²) < 4.78 is 6.91. The summed E-state index contributed by atoms with van der Waals surface area (Å²) >= 11 is 0. The Morgan fingerprint density at radius 3 is 2.80 bits per heavy atom. The second kappa shape index (κ2) is 6.38. The molecule has 3 heterocycles. The third-order valence-corrected chi connectivity index (χ3v) is 5.18. The maximum atomic E-state index is 12.5. The van der Waals surface area contributed by atoms with E-state index in [1.54, 1.807) is 27.9 Å². The monoisotopic (exact) mass is 342 g/mol. The summed E-state index contributed by atoms with van der Waals surface area (Å²) in [7, 11) is 0. The lowest BCUT2D eigenvalue weighted by Crippen LogP contribution is -2.43. The highest BCUT2D eigenvalue weighted by Crippen LogP contribution is 2.41. The molecule has 7 nitrogen and oxygen atoms in total. The SMILES string of the molecule is Cc1ccnn1CC(=O)N[C@H]1CN(C(=O)c2ccco2)C[C@@H]1C1CC1. The smallest absolute Gasteiger partial charge is 0.289 e. The number of amides is 2. The molecule has 0 unspecified atom stereocenters. The number of nitrogens with one attached hydrogen (secondary N) is 1. The Bertz CT molecular complexity index is 763. The minimum atomic E-state index is -0.102. The van der Waals surface area contributed by atoms with Gasteiger partial charge >= 0.3 is 0 Å². The molecule has 2 atom stereocenters. The van der Waals surface area contributed by atoms with Crippen molar-refractivity contribution in [1.29, 1.82) is 0 Å². The van der Waals surface area contributed by atoms with Crippen molar-refractivity contribution in [2.75, 3.05) is 13.1 Å². The third kappa shape index (κ3) is 3.31. The van der Waals surface area contributed by atoms with Crippen molar-refractivity contribution in [3.05, 3.63) is 42.1 Å². The third-order valence-electron chi connectivity index (χ3n) is 5.18. The Kier molecular flexibility index (Phi) is 4.07. The van der Waals surface area contributed by atoms with Gasteiger partial charge in [0.25, 0.3) is 5.91 Å². The second-order valence-corrected chi connectivity index (χ2v) is 6.99. The molecule has 0 radical (unpaired) electrons. The Hall–Kier alpha value is -2.57. The maximum absolute atomic E-state index is 12.5. The molecular formula is C18H22N4O3. The van der Waals surface area contributed by atoms with E-state index in [0.717, 1.165) is 5.69 Å². The molecular weight excluding hydrogens is 320 g/mol. The minimum Gasteiger partial charge on any atom is -0.459 e. The van der Waals surface area contributed by atoms with Gasteiger partial charge in [0.15, 0.2) is 5.76 Å². The first-order valence-electron chi connectivity index (χ1n) is 8.72. The van der Waals surface area contributed by atoms with Gasteiger partial charge in [-0.1, -0.05) is 0 Å². The van der Waals surface area contributed by atoms with E-state index in [0.29, 0.717) is 30.7 Å². The molecule has 2 amide bonds. The molecule has 2 aliphatic rings. The van der Waals surface area contributed by atoms with Gasteiger partial charge < -0.3 is 14.6 Å². The predicted molar refractivity (Wildman–Crippen MR) is 89.7 cm³/mol. The molecule has 2 aromatic rings. The van der Waals surface area contributed by atoms with Crippen molar-refractivity contribution in [2.45, 2.75) is 32.4 Å². The number of hydrogen-bond donors (Lipinski definition) is 1. The number of likely N-dealkylation sites (tertiary alicyclic amines) is 1. The van der Waals surface area contributed by atoms with Crippen LogP contribution in [-0.2, 0) is 11.3 Å². The van der Waals surface area contributed by atoms with Crippen LogP contribution in [0.2, 0.25) is 0 Å². The Morgan fingerprint density at radius 2 is 2.16 bits per heavy atom. The Labute approximate surface area is 146 Å². The van der Waals surface area contributed by atoms with Gasteiger partial charge in [-0.3, -0.25) is 14.3 Å². The summed E-state index contributed by atoms with van der Waals surface area (Å²) in [6, 6.07) is 5.27. The number of rotatable bonds is 5. The van der Waals surface area contributed by atoms with Crippen LogP contribution in [0.3, 0.4) is 0 Å². The van der Waals surface area contributed by atoms with E-state index in [1.807, 2.05) is 13.0 Å². The van der Waals surface area contributed by atoms with E-state index in [4.69, 9.17) is 4.42 Å². The first-order valence-corrected chi connectivity index (χ1v) is 8.72. The zero-order chi connectivity index (χ0) is 17.4. The van der Waals surface area contributed by atoms with E-state index in [-0.39, 0.29) is 24.4 Å². The quantitative estimate of drug-likeness (QED) is 0.892. The van der Waals surface area contributed by atoms with Crippen molar-refractivity contribution in [3.63, 3.8) is 0 Å². The van der Waals surface area contributed by atoms with Crippen LogP contribution in [0.4, 0.5) is 0 Å². The number of hydrogen-bond acceptors (Lipinski definition) is 4. The fraction of sp³-hybridized carbons (Fsp3) is 0.500. The van der Waals surface area contributed by atoms with Crippen LogP contribution in [0.1, 0.15) is 29.1 Å².